The summed E-state index contributed by atoms with van der Waals surface area (Å²) in [4.78, 5) is 137. The Morgan fingerprint density at radius 2 is 1.38 bits per heavy atom. The second-order valence-corrected chi connectivity index (χ2v) is 21.9. The Bertz CT molecular complexity index is 3250. The molecule has 6 atom stereocenters. The largest absolute Gasteiger partial charge is 0.509 e. The molecule has 3 heterocycles. The SMILES string of the molecule is C=CCOC(=O)O[C@@H]1[C@@H](OC(=O)OCC=C)[C@H](Oc2ccc(COC(=O)N(C)CN3C(=O)CCC(N4Cc5cc(CNC(=O)Nc6ccc(CCOCCN(C)C(=O)OC(C)(C)C)c(Cl)c6)ccc5C4=O)C3=O)cc2N)O[C@H](C(=O)OCC=C)[C@H]1OC(=O)OCC=C. The summed E-state index contributed by atoms with van der Waals surface area (Å²) in [5.74, 6) is -3.15. The summed E-state index contributed by atoms with van der Waals surface area (Å²) in [7, 11) is 2.92. The highest BCUT2D eigenvalue weighted by Gasteiger charge is 2.57. The van der Waals surface area contributed by atoms with Crippen LogP contribution in [0.4, 0.5) is 40.1 Å². The first kappa shape index (κ1) is 71.2. The van der Waals surface area contributed by atoms with Gasteiger partial charge in [0.25, 0.3) is 11.8 Å². The first-order chi connectivity index (χ1) is 43.8. The number of ether oxygens (including phenoxy) is 12. The molecule has 30 heteroatoms. The number of carbonyl (C=O) groups is 10. The fraction of sp³-hybridized carbons (Fsp3) is 0.419. The minimum atomic E-state index is -2.00. The molecule has 3 aromatic carbocycles. The summed E-state index contributed by atoms with van der Waals surface area (Å²) in [6.45, 7) is 17.9. The van der Waals surface area contributed by atoms with Gasteiger partial charge in [0.15, 0.2) is 18.3 Å². The number of imide groups is 1. The Hall–Kier alpha value is -9.87. The summed E-state index contributed by atoms with van der Waals surface area (Å²) in [6, 6.07) is 12.5. The fourth-order valence-corrected chi connectivity index (χ4v) is 9.36. The van der Waals surface area contributed by atoms with Gasteiger partial charge >= 0.3 is 42.7 Å². The number of nitrogens with one attached hydrogen (secondary N) is 2. The normalized spacial score (nSPS) is 18.3. The highest BCUT2D eigenvalue weighted by atomic mass is 35.5. The summed E-state index contributed by atoms with van der Waals surface area (Å²) >= 11 is 6.53. The van der Waals surface area contributed by atoms with Crippen molar-refractivity contribution in [2.45, 2.75) is 102 Å². The van der Waals surface area contributed by atoms with Crippen LogP contribution in [0.1, 0.15) is 66.2 Å². The smallest absolute Gasteiger partial charge is 0.459 e. The number of nitrogens with two attached hydrogens (primary N) is 1. The monoisotopic (exact) mass is 1300 g/mol. The van der Waals surface area contributed by atoms with E-state index in [-0.39, 0.29) is 69.4 Å². The van der Waals surface area contributed by atoms with Crippen LogP contribution < -0.4 is 21.1 Å². The topological polar surface area (TPSA) is 344 Å². The molecule has 1 unspecified atom stereocenters. The average molecular weight is 1300 g/mol. The Labute approximate surface area is 535 Å². The Kier molecular flexibility index (Phi) is 26.2. The standard InChI is InChI=1S/C62H74ClN7O22/c1-10-24-82-54(74)50-48(89-59(78)83-25-11-2)49(90-60(79)84-26-12-3)51(91-61(80)85-27-13-4)55(88-50)87-46-20-15-38(31-44(46)64)35-86-57(76)68(9)36-70-47(71)21-19-45(53(70)73)69-34-40-30-37(14-18-42(40)52(69)72)33-65-56(75)66-41-17-16-39(43(63)32-41)22-28-81-29-23-67(8)58(77)92-62(5,6)7/h10-18,20,30-32,45,48-51,55H,1-4,19,21-29,33-36,64H2,5-9H3,(H2,65,66,75)/t45?,48-,49-,50-,51+,55+/m0/s1. The molecule has 496 valence electrons. The van der Waals surface area contributed by atoms with E-state index in [4.69, 9.17) is 74.2 Å². The number of halogens is 1. The first-order valence-electron chi connectivity index (χ1n) is 28.7. The van der Waals surface area contributed by atoms with Crippen molar-refractivity contribution in [2.75, 3.05) is 78.0 Å². The number of esters is 1. The van der Waals surface area contributed by atoms with Gasteiger partial charge in [-0.15, -0.1) is 0 Å². The third kappa shape index (κ3) is 20.3. The third-order valence-electron chi connectivity index (χ3n) is 13.5. The molecule has 6 rings (SSSR count). The molecule has 0 aliphatic carbocycles. The molecule has 3 aliphatic rings. The van der Waals surface area contributed by atoms with Crippen molar-refractivity contribution in [3.63, 3.8) is 0 Å². The van der Waals surface area contributed by atoms with Crippen molar-refractivity contribution in [3.05, 3.63) is 138 Å². The number of rotatable bonds is 28. The number of anilines is 2. The molecule has 0 bridgehead atoms. The predicted octanol–water partition coefficient (Wildman–Crippen LogP) is 7.33. The number of piperidine rings is 1. The quantitative estimate of drug-likeness (QED) is 0.0160. The number of nitrogens with zero attached hydrogens (tertiary/aromatic N) is 4. The van der Waals surface area contributed by atoms with Crippen LogP contribution in [-0.4, -0.2) is 189 Å². The van der Waals surface area contributed by atoms with Crippen LogP contribution in [-0.2, 0) is 92.6 Å². The molecule has 4 N–H and O–H groups in total. The maximum Gasteiger partial charge on any atom is 0.509 e. The lowest BCUT2D eigenvalue weighted by Gasteiger charge is -2.42. The lowest BCUT2D eigenvalue weighted by atomic mass is 9.98. The van der Waals surface area contributed by atoms with E-state index in [1.807, 2.05) is 0 Å². The van der Waals surface area contributed by atoms with E-state index in [0.29, 0.717) is 53.6 Å². The van der Waals surface area contributed by atoms with Gasteiger partial charge in [-0.3, -0.25) is 24.2 Å². The number of nitrogen functional groups attached to an aromatic ring is 1. The van der Waals surface area contributed by atoms with Gasteiger partial charge in [0.05, 0.1) is 18.9 Å². The molecule has 3 aromatic rings. The minimum Gasteiger partial charge on any atom is -0.459 e. The van der Waals surface area contributed by atoms with E-state index in [2.05, 4.69) is 36.9 Å². The molecule has 0 radical (unpaired) electrons. The number of amides is 7. The second kappa shape index (κ2) is 33.8. The molecule has 2 fully saturated rings. The van der Waals surface area contributed by atoms with Crippen LogP contribution >= 0.6 is 11.6 Å². The maximum absolute atomic E-state index is 14.0. The maximum atomic E-state index is 14.0. The number of urea groups is 1. The van der Waals surface area contributed by atoms with E-state index in [1.54, 1.807) is 64.2 Å². The summed E-state index contributed by atoms with van der Waals surface area (Å²) < 4.78 is 65.1. The van der Waals surface area contributed by atoms with E-state index >= 15 is 0 Å². The predicted molar refractivity (Wildman–Crippen MR) is 325 cm³/mol. The van der Waals surface area contributed by atoms with E-state index in [1.165, 1.54) is 59.4 Å². The third-order valence-corrected chi connectivity index (χ3v) is 13.8. The summed E-state index contributed by atoms with van der Waals surface area (Å²) in [5, 5.41) is 5.96. The molecule has 92 heavy (non-hydrogen) atoms. The number of hydrogen-bond donors (Lipinski definition) is 3. The molecule has 3 aliphatic heterocycles. The number of likely N-dealkylation sites (N-methyl/N-ethyl adjacent to an activating group) is 1. The zero-order valence-corrected chi connectivity index (χ0v) is 52.2. The Morgan fingerprint density at radius 1 is 0.750 bits per heavy atom. The number of likely N-dealkylation sites (tertiary alicyclic amines) is 1. The van der Waals surface area contributed by atoms with Gasteiger partial charge in [-0.05, 0) is 86.2 Å². The molecule has 0 saturated carbocycles. The summed E-state index contributed by atoms with van der Waals surface area (Å²) in [6.07, 6.45) is -10.3. The van der Waals surface area contributed by atoms with Crippen LogP contribution in [0.2, 0.25) is 5.02 Å². The van der Waals surface area contributed by atoms with Crippen molar-refractivity contribution < 1.29 is 105 Å². The van der Waals surface area contributed by atoms with E-state index < -0.39 is 116 Å². The van der Waals surface area contributed by atoms with Crippen LogP contribution in [0.5, 0.6) is 5.75 Å². The highest BCUT2D eigenvalue weighted by molar-refractivity contribution is 6.31. The van der Waals surface area contributed by atoms with Crippen LogP contribution in [0.3, 0.4) is 0 Å². The van der Waals surface area contributed by atoms with Gasteiger partial charge in [0.1, 0.15) is 57.1 Å². The summed E-state index contributed by atoms with van der Waals surface area (Å²) in [5.41, 5.74) is 8.75. The number of benzene rings is 3. The molecule has 2 saturated heterocycles. The first-order valence-corrected chi connectivity index (χ1v) is 29.0. The lowest BCUT2D eigenvalue weighted by molar-refractivity contribution is -0.276. The minimum absolute atomic E-state index is 0.0261. The fourth-order valence-electron chi connectivity index (χ4n) is 9.09. The molecule has 7 amide bonds. The van der Waals surface area contributed by atoms with Gasteiger partial charge in [0, 0.05) is 56.4 Å². The molecular weight excluding hydrogens is 1230 g/mol. The van der Waals surface area contributed by atoms with E-state index in [0.717, 1.165) is 15.4 Å². The van der Waals surface area contributed by atoms with Gasteiger partial charge < -0.3 is 83.0 Å². The van der Waals surface area contributed by atoms with Gasteiger partial charge in [-0.2, -0.15) is 0 Å². The lowest BCUT2D eigenvalue weighted by Crippen LogP contribution is -2.64. The molecule has 29 nitrogen and oxygen atoms in total. The second-order valence-electron chi connectivity index (χ2n) is 21.5. The molecular formula is C62H74ClN7O22. The van der Waals surface area contributed by atoms with Crippen LogP contribution in [0.25, 0.3) is 0 Å². The zero-order valence-electron chi connectivity index (χ0n) is 51.4. The van der Waals surface area contributed by atoms with E-state index in [9.17, 15) is 47.9 Å². The molecule has 0 spiro atoms. The van der Waals surface area contributed by atoms with Gasteiger partial charge in [-0.25, -0.2) is 33.6 Å². The zero-order chi connectivity index (χ0) is 67.2. The van der Waals surface area contributed by atoms with Crippen molar-refractivity contribution >= 4 is 83.4 Å². The average Bonchev–Trinajstić information content (AvgIpc) is 1.33. The van der Waals surface area contributed by atoms with Gasteiger partial charge in [-0.1, -0.05) is 86.5 Å². The number of fused-ring (bicyclic) bond motifs is 1. The number of carbonyl (C=O) groups excluding carboxylic acids is 10. The number of hydrogen-bond acceptors (Lipinski definition) is 23. The molecule has 0 aromatic heterocycles. The van der Waals surface area contributed by atoms with Crippen LogP contribution in [0, 0.1) is 0 Å². The van der Waals surface area contributed by atoms with Gasteiger partial charge in [0.2, 0.25) is 18.3 Å². The van der Waals surface area contributed by atoms with Crippen molar-refractivity contribution in [2.24, 2.45) is 0 Å². The highest BCUT2D eigenvalue weighted by Crippen LogP contribution is 2.35. The van der Waals surface area contributed by atoms with Crippen molar-refractivity contribution in [3.8, 4) is 5.75 Å². The Morgan fingerprint density at radius 3 is 2.01 bits per heavy atom. The Balaban J connectivity index is 1.03. The van der Waals surface area contributed by atoms with Crippen molar-refractivity contribution in [1.82, 2.24) is 24.9 Å². The van der Waals surface area contributed by atoms with Crippen LogP contribution in [0.15, 0.2) is 105 Å². The van der Waals surface area contributed by atoms with Crippen molar-refractivity contribution in [1.29, 1.82) is 0 Å².